The van der Waals surface area contributed by atoms with E-state index in [1.54, 1.807) is 0 Å². The summed E-state index contributed by atoms with van der Waals surface area (Å²) in [7, 11) is 0. The number of fused-ring (bicyclic) bond motifs is 5. The molecule has 1 nitrogen and oxygen atoms in total. The van der Waals surface area contributed by atoms with Crippen LogP contribution in [0.4, 0.5) is 17.1 Å². The third-order valence-electron chi connectivity index (χ3n) is 9.24. The molecule has 0 unspecified atom stereocenters. The zero-order valence-electron chi connectivity index (χ0n) is 26.3. The summed E-state index contributed by atoms with van der Waals surface area (Å²) >= 11 is 0.331. The fourth-order valence-electron chi connectivity index (χ4n) is 6.85. The Hall–Kier alpha value is -5.66. The summed E-state index contributed by atoms with van der Waals surface area (Å²) in [5, 5.41) is 5.48. The molecule has 9 rings (SSSR count). The average molecular weight is 677 g/mol. The van der Waals surface area contributed by atoms with Crippen molar-refractivity contribution >= 4 is 61.6 Å². The van der Waals surface area contributed by atoms with E-state index in [1.165, 1.54) is 63.4 Å². The number of hydrogen-bond acceptors (Lipinski definition) is 1. The Balaban J connectivity index is 1.15. The second kappa shape index (κ2) is 12.2. The molecule has 0 amide bonds. The molecule has 0 N–H and O–H groups in total. The zero-order chi connectivity index (χ0) is 31.9. The second-order valence-corrected chi connectivity index (χ2v) is 14.4. The molecule has 0 saturated carbocycles. The zero-order valence-corrected chi connectivity index (χ0v) is 28.0. The van der Waals surface area contributed by atoms with Crippen LogP contribution in [-0.2, 0) is 0 Å². The Bertz CT molecular complexity index is 2550. The third kappa shape index (κ3) is 5.22. The van der Waals surface area contributed by atoms with Crippen LogP contribution in [0.1, 0.15) is 0 Å². The minimum absolute atomic E-state index is 0.331. The molecule has 1 heterocycles. The van der Waals surface area contributed by atoms with Gasteiger partial charge in [0, 0.05) is 0 Å². The van der Waals surface area contributed by atoms with E-state index in [0.717, 1.165) is 17.1 Å². The molecular formula is C46H31NSe. The first kappa shape index (κ1) is 28.6. The van der Waals surface area contributed by atoms with E-state index in [2.05, 4.69) is 193 Å². The summed E-state index contributed by atoms with van der Waals surface area (Å²) in [6.45, 7) is 0. The van der Waals surface area contributed by atoms with Crippen molar-refractivity contribution in [3.05, 3.63) is 188 Å². The topological polar surface area (TPSA) is 3.24 Å². The van der Waals surface area contributed by atoms with Gasteiger partial charge in [0.1, 0.15) is 0 Å². The molecule has 2 heteroatoms. The number of hydrogen-bond donors (Lipinski definition) is 0. The van der Waals surface area contributed by atoms with Crippen molar-refractivity contribution in [3.8, 4) is 33.4 Å². The summed E-state index contributed by atoms with van der Waals surface area (Å²) in [4.78, 5) is 2.37. The fourth-order valence-corrected chi connectivity index (χ4v) is 9.45. The van der Waals surface area contributed by atoms with Gasteiger partial charge in [0.15, 0.2) is 0 Å². The summed E-state index contributed by atoms with van der Waals surface area (Å²) < 4.78 is 2.99. The van der Waals surface area contributed by atoms with Crippen LogP contribution in [0.25, 0.3) is 63.4 Å². The van der Waals surface area contributed by atoms with Crippen LogP contribution in [0, 0.1) is 0 Å². The van der Waals surface area contributed by atoms with Crippen molar-refractivity contribution in [2.24, 2.45) is 0 Å². The molecule has 0 spiro atoms. The molecule has 0 bridgehead atoms. The second-order valence-electron chi connectivity index (χ2n) is 12.2. The van der Waals surface area contributed by atoms with E-state index in [0.29, 0.717) is 14.5 Å². The van der Waals surface area contributed by atoms with E-state index >= 15 is 0 Å². The van der Waals surface area contributed by atoms with Crippen LogP contribution in [-0.4, -0.2) is 14.5 Å². The normalized spacial score (nSPS) is 11.3. The van der Waals surface area contributed by atoms with Crippen LogP contribution >= 0.6 is 0 Å². The van der Waals surface area contributed by atoms with Crippen LogP contribution in [0.5, 0.6) is 0 Å². The average Bonchev–Trinajstić information content (AvgIpc) is 3.55. The number of rotatable bonds is 6. The van der Waals surface area contributed by atoms with Crippen LogP contribution in [0.2, 0.25) is 0 Å². The molecule has 48 heavy (non-hydrogen) atoms. The maximum absolute atomic E-state index is 2.37. The van der Waals surface area contributed by atoms with Gasteiger partial charge in [-0.15, -0.1) is 0 Å². The summed E-state index contributed by atoms with van der Waals surface area (Å²) in [6, 6.07) is 68.5. The molecule has 1 aromatic heterocycles. The Morgan fingerprint density at radius 3 is 1.54 bits per heavy atom. The summed E-state index contributed by atoms with van der Waals surface area (Å²) in [5.41, 5.74) is 10.6. The molecule has 9 aromatic rings. The van der Waals surface area contributed by atoms with Gasteiger partial charge in [-0.1, -0.05) is 66.7 Å². The predicted molar refractivity (Wildman–Crippen MR) is 207 cm³/mol. The fraction of sp³-hybridized carbons (Fsp3) is 0. The van der Waals surface area contributed by atoms with Gasteiger partial charge in [-0.25, -0.2) is 0 Å². The third-order valence-corrected chi connectivity index (χ3v) is 11.8. The standard InChI is InChI=1S/C46H31NSe/c1-3-11-32(12-4-1)34-21-25-39(26-22-34)47(40-17-9-15-35(30-40)33-13-5-2-6-14-33)41-18-10-16-36(31-41)37-23-27-42-38(29-37)24-28-44-43-19-7-8-20-45(43)48-46(42)44/h1-31H. The summed E-state index contributed by atoms with van der Waals surface area (Å²) in [5.74, 6) is 0. The Labute approximate surface area is 286 Å². The number of nitrogens with zero attached hydrogens (tertiary/aromatic N) is 1. The van der Waals surface area contributed by atoms with E-state index in [1.807, 2.05) is 0 Å². The SMILES string of the molecule is c1ccc(-c2ccc(N(c3cccc(-c4ccccc4)c3)c3cccc(-c4ccc5c(ccc6c7ccccc7[se]c56)c4)c3)cc2)cc1. The van der Waals surface area contributed by atoms with Gasteiger partial charge in [0.25, 0.3) is 0 Å². The van der Waals surface area contributed by atoms with E-state index in [9.17, 15) is 0 Å². The van der Waals surface area contributed by atoms with Crippen molar-refractivity contribution in [3.63, 3.8) is 0 Å². The molecule has 8 aromatic carbocycles. The van der Waals surface area contributed by atoms with Crippen molar-refractivity contribution < 1.29 is 0 Å². The number of benzene rings is 8. The van der Waals surface area contributed by atoms with Crippen LogP contribution in [0.3, 0.4) is 0 Å². The van der Waals surface area contributed by atoms with Gasteiger partial charge in [-0.2, -0.15) is 0 Å². The molecule has 0 fully saturated rings. The number of anilines is 3. The molecule has 0 radical (unpaired) electrons. The quantitative estimate of drug-likeness (QED) is 0.159. The monoisotopic (exact) mass is 677 g/mol. The Morgan fingerprint density at radius 1 is 0.312 bits per heavy atom. The molecule has 0 aliphatic heterocycles. The molecule has 0 atom stereocenters. The van der Waals surface area contributed by atoms with Gasteiger partial charge in [-0.3, -0.25) is 0 Å². The first-order valence-electron chi connectivity index (χ1n) is 16.3. The van der Waals surface area contributed by atoms with Crippen molar-refractivity contribution in [2.45, 2.75) is 0 Å². The molecular weight excluding hydrogens is 645 g/mol. The van der Waals surface area contributed by atoms with Crippen molar-refractivity contribution in [2.75, 3.05) is 4.90 Å². The molecule has 0 aliphatic carbocycles. The Morgan fingerprint density at radius 2 is 0.833 bits per heavy atom. The van der Waals surface area contributed by atoms with Gasteiger partial charge in [0.05, 0.1) is 0 Å². The minimum Gasteiger partial charge on any atom is -0.0617 e. The molecule has 0 aliphatic rings. The van der Waals surface area contributed by atoms with Crippen LogP contribution < -0.4 is 4.90 Å². The van der Waals surface area contributed by atoms with Gasteiger partial charge in [-0.05, 0) is 16.7 Å². The van der Waals surface area contributed by atoms with Gasteiger partial charge < -0.3 is 0 Å². The summed E-state index contributed by atoms with van der Waals surface area (Å²) in [6.07, 6.45) is 0. The van der Waals surface area contributed by atoms with Gasteiger partial charge in [0.2, 0.25) is 0 Å². The predicted octanol–water partition coefficient (Wildman–Crippen LogP) is 12.7. The smallest absolute Gasteiger partial charge is 0.0617 e. The van der Waals surface area contributed by atoms with Crippen molar-refractivity contribution in [1.29, 1.82) is 0 Å². The van der Waals surface area contributed by atoms with Crippen molar-refractivity contribution in [1.82, 2.24) is 0 Å². The van der Waals surface area contributed by atoms with E-state index < -0.39 is 0 Å². The first-order valence-corrected chi connectivity index (χ1v) is 18.1. The van der Waals surface area contributed by atoms with E-state index in [4.69, 9.17) is 0 Å². The first-order chi connectivity index (χ1) is 23.8. The Kier molecular flexibility index (Phi) is 7.24. The molecule has 226 valence electrons. The maximum atomic E-state index is 2.37. The molecule has 0 saturated heterocycles. The van der Waals surface area contributed by atoms with Gasteiger partial charge >= 0.3 is 205 Å². The van der Waals surface area contributed by atoms with Crippen LogP contribution in [0.15, 0.2) is 188 Å². The van der Waals surface area contributed by atoms with E-state index in [-0.39, 0.29) is 0 Å². The minimum atomic E-state index is 0.331.